The van der Waals surface area contributed by atoms with E-state index in [1.54, 1.807) is 6.20 Å². The summed E-state index contributed by atoms with van der Waals surface area (Å²) in [6.07, 6.45) is 8.37. The average Bonchev–Trinajstić information content (AvgIpc) is 3.49. The summed E-state index contributed by atoms with van der Waals surface area (Å²) >= 11 is 0. The normalized spacial score (nSPS) is 18.9. The third kappa shape index (κ3) is 3.12. The Morgan fingerprint density at radius 3 is 2.62 bits per heavy atom. The van der Waals surface area contributed by atoms with Gasteiger partial charge in [0.15, 0.2) is 17.5 Å². The van der Waals surface area contributed by atoms with Crippen LogP contribution in [0.3, 0.4) is 0 Å². The third-order valence-electron chi connectivity index (χ3n) is 6.43. The van der Waals surface area contributed by atoms with Crippen LogP contribution in [0.4, 0.5) is 17.3 Å². The first-order valence-electron chi connectivity index (χ1n) is 11.4. The topological polar surface area (TPSA) is 87.4 Å². The van der Waals surface area contributed by atoms with Crippen molar-refractivity contribution in [2.45, 2.75) is 32.5 Å². The maximum absolute atomic E-state index is 5.14. The van der Waals surface area contributed by atoms with Crippen LogP contribution >= 0.6 is 0 Å². The number of pyridine rings is 1. The van der Waals surface area contributed by atoms with Crippen LogP contribution in [0.15, 0.2) is 72.4 Å². The van der Waals surface area contributed by atoms with Gasteiger partial charge >= 0.3 is 0 Å². The Balaban J connectivity index is 1.55. The second-order valence-electron chi connectivity index (χ2n) is 8.49. The van der Waals surface area contributed by atoms with E-state index in [0.29, 0.717) is 5.82 Å². The lowest BCUT2D eigenvalue weighted by atomic mass is 10.0. The van der Waals surface area contributed by atoms with Gasteiger partial charge in [-0.1, -0.05) is 37.3 Å². The molecular formula is C25H25N9. The Kier molecular flexibility index (Phi) is 4.75. The molecule has 0 fully saturated rings. The van der Waals surface area contributed by atoms with Crippen molar-refractivity contribution in [3.8, 4) is 22.5 Å². The highest BCUT2D eigenvalue weighted by Gasteiger charge is 2.44. The Bertz CT molecular complexity index is 1380. The van der Waals surface area contributed by atoms with Gasteiger partial charge in [-0.3, -0.25) is 20.0 Å². The lowest BCUT2D eigenvalue weighted by molar-refractivity contribution is 0.439. The number of nitrogens with zero attached hydrogens (tertiary/aromatic N) is 8. The second-order valence-corrected chi connectivity index (χ2v) is 8.49. The molecule has 1 aromatic carbocycles. The van der Waals surface area contributed by atoms with Gasteiger partial charge in [-0.25, -0.2) is 9.97 Å². The molecule has 0 saturated carbocycles. The van der Waals surface area contributed by atoms with E-state index in [1.807, 2.05) is 67.6 Å². The molecule has 1 N–H and O–H groups in total. The maximum Gasteiger partial charge on any atom is 0.162 e. The quantitative estimate of drug-likeness (QED) is 0.503. The van der Waals surface area contributed by atoms with Crippen molar-refractivity contribution < 1.29 is 0 Å². The number of aryl methyl sites for hydroxylation is 1. The second kappa shape index (κ2) is 7.95. The number of hydrogen-bond donors (Lipinski definition) is 1. The van der Waals surface area contributed by atoms with E-state index in [2.05, 4.69) is 44.4 Å². The number of rotatable bonds is 4. The molecule has 34 heavy (non-hydrogen) atoms. The Morgan fingerprint density at radius 1 is 1.00 bits per heavy atom. The molecule has 0 saturated heterocycles. The summed E-state index contributed by atoms with van der Waals surface area (Å²) in [5, 5.41) is 9.24. The highest BCUT2D eigenvalue weighted by molar-refractivity contribution is 6.02. The van der Waals surface area contributed by atoms with E-state index in [1.165, 1.54) is 0 Å². The number of aromatic nitrogens is 5. The van der Waals surface area contributed by atoms with Crippen molar-refractivity contribution in [2.75, 3.05) is 9.80 Å². The Labute approximate surface area is 197 Å². The third-order valence-corrected chi connectivity index (χ3v) is 6.43. The number of amidine groups is 1. The summed E-state index contributed by atoms with van der Waals surface area (Å²) in [7, 11) is 1.93. The van der Waals surface area contributed by atoms with E-state index in [-0.39, 0.29) is 12.2 Å². The molecule has 5 heterocycles. The monoisotopic (exact) mass is 451 g/mol. The number of hydrazone groups is 1. The van der Waals surface area contributed by atoms with E-state index in [4.69, 9.17) is 15.1 Å². The highest BCUT2D eigenvalue weighted by Crippen LogP contribution is 2.43. The van der Waals surface area contributed by atoms with Gasteiger partial charge in [-0.15, -0.1) is 0 Å². The molecule has 2 aliphatic rings. The smallest absolute Gasteiger partial charge is 0.162 e. The molecular weight excluding hydrogens is 426 g/mol. The zero-order chi connectivity index (χ0) is 23.2. The van der Waals surface area contributed by atoms with Crippen molar-refractivity contribution >= 4 is 23.2 Å². The van der Waals surface area contributed by atoms with Crippen LogP contribution in [0.2, 0.25) is 0 Å². The van der Waals surface area contributed by atoms with Crippen LogP contribution in [-0.2, 0) is 7.05 Å². The van der Waals surface area contributed by atoms with Gasteiger partial charge in [0.1, 0.15) is 17.7 Å². The molecule has 6 rings (SSSR count). The summed E-state index contributed by atoms with van der Waals surface area (Å²) in [6, 6.07) is 14.3. The number of anilines is 3. The predicted octanol–water partition coefficient (Wildman–Crippen LogP) is 3.94. The summed E-state index contributed by atoms with van der Waals surface area (Å²) in [5.41, 5.74) is 7.22. The summed E-state index contributed by atoms with van der Waals surface area (Å²) in [6.45, 7) is 4.18. The largest absolute Gasteiger partial charge is 0.300 e. The molecule has 2 atom stereocenters. The van der Waals surface area contributed by atoms with Crippen molar-refractivity contribution in [1.29, 1.82) is 0 Å². The first-order chi connectivity index (χ1) is 16.7. The number of hydrogen-bond acceptors (Lipinski definition) is 8. The van der Waals surface area contributed by atoms with Crippen LogP contribution < -0.4 is 15.2 Å². The first-order valence-corrected chi connectivity index (χ1v) is 11.4. The molecule has 2 unspecified atom stereocenters. The number of nitrogens with one attached hydrogen (secondary N) is 1. The minimum atomic E-state index is -0.0187. The lowest BCUT2D eigenvalue weighted by Gasteiger charge is -2.44. The van der Waals surface area contributed by atoms with Gasteiger partial charge in [0.2, 0.25) is 0 Å². The van der Waals surface area contributed by atoms with Crippen molar-refractivity contribution in [2.24, 2.45) is 12.1 Å². The van der Waals surface area contributed by atoms with Crippen LogP contribution in [0, 0.1) is 0 Å². The van der Waals surface area contributed by atoms with Gasteiger partial charge in [0.05, 0.1) is 12.2 Å². The molecule has 9 heteroatoms. The Morgan fingerprint density at radius 2 is 1.85 bits per heavy atom. The fraction of sp³-hybridized carbons (Fsp3) is 0.240. The summed E-state index contributed by atoms with van der Waals surface area (Å²) < 4.78 is 1.82. The van der Waals surface area contributed by atoms with Gasteiger partial charge in [0.25, 0.3) is 0 Å². The molecule has 0 bridgehead atoms. The molecule has 3 aromatic heterocycles. The van der Waals surface area contributed by atoms with Gasteiger partial charge in [-0.2, -0.15) is 10.2 Å². The van der Waals surface area contributed by atoms with Gasteiger partial charge in [0, 0.05) is 42.8 Å². The van der Waals surface area contributed by atoms with Crippen molar-refractivity contribution in [3.05, 3.63) is 67.3 Å². The van der Waals surface area contributed by atoms with Gasteiger partial charge in [-0.05, 0) is 25.0 Å². The van der Waals surface area contributed by atoms with Crippen LogP contribution in [0.1, 0.15) is 20.3 Å². The number of benzene rings is 1. The van der Waals surface area contributed by atoms with Crippen molar-refractivity contribution in [1.82, 2.24) is 30.2 Å². The van der Waals surface area contributed by atoms with E-state index in [9.17, 15) is 0 Å². The van der Waals surface area contributed by atoms with Crippen LogP contribution in [-0.4, -0.2) is 42.8 Å². The molecule has 170 valence electrons. The summed E-state index contributed by atoms with van der Waals surface area (Å²) in [5.74, 6) is 3.22. The minimum absolute atomic E-state index is 0.0187. The van der Waals surface area contributed by atoms with E-state index in [0.717, 1.165) is 46.3 Å². The van der Waals surface area contributed by atoms with Gasteiger partial charge < -0.3 is 4.90 Å². The minimum Gasteiger partial charge on any atom is -0.300 e. The SMILES string of the molecule is CCC1C2NN=C(C)N2c2cnc(-c3ccncc3-c3ccccc3)nc2N1c1ccn(C)n1. The van der Waals surface area contributed by atoms with E-state index < -0.39 is 0 Å². The maximum atomic E-state index is 5.14. The van der Waals surface area contributed by atoms with Crippen LogP contribution in [0.25, 0.3) is 22.5 Å². The highest BCUT2D eigenvalue weighted by atomic mass is 15.6. The molecule has 4 aromatic rings. The zero-order valence-electron chi connectivity index (χ0n) is 19.3. The standard InChI is InChI=1S/C25H25N9/c1-4-20-25-30-29-16(2)33(25)21-15-27-23(28-24(21)34(20)22-11-13-32(3)31-22)18-10-12-26-14-19(18)17-8-6-5-7-9-17/h5-15,20,25,30H,4H2,1-3H3. The molecule has 9 nitrogen and oxygen atoms in total. The average molecular weight is 452 g/mol. The molecule has 0 radical (unpaired) electrons. The first kappa shape index (κ1) is 20.3. The fourth-order valence-corrected chi connectivity index (χ4v) is 4.85. The van der Waals surface area contributed by atoms with Crippen LogP contribution in [0.5, 0.6) is 0 Å². The fourth-order valence-electron chi connectivity index (χ4n) is 4.85. The molecule has 0 spiro atoms. The molecule has 2 aliphatic heterocycles. The number of fused-ring (bicyclic) bond motifs is 3. The zero-order valence-corrected chi connectivity index (χ0v) is 19.3. The molecule has 0 amide bonds. The predicted molar refractivity (Wildman–Crippen MR) is 133 cm³/mol. The van der Waals surface area contributed by atoms with E-state index >= 15 is 0 Å². The van der Waals surface area contributed by atoms with Crippen molar-refractivity contribution in [3.63, 3.8) is 0 Å². The summed E-state index contributed by atoms with van der Waals surface area (Å²) in [4.78, 5) is 18.7. The Hall–Kier alpha value is -4.27. The molecule has 0 aliphatic carbocycles. The lowest BCUT2D eigenvalue weighted by Crippen LogP contribution is -2.58.